The lowest BCUT2D eigenvalue weighted by Gasteiger charge is -2.31. The molecule has 0 unspecified atom stereocenters. The zero-order chi connectivity index (χ0) is 33.5. The van der Waals surface area contributed by atoms with Gasteiger partial charge < -0.3 is 15.4 Å². The zero-order valence-electron chi connectivity index (χ0n) is 26.9. The Morgan fingerprint density at radius 2 is 1.67 bits per heavy atom. The molecule has 2 amide bonds. The van der Waals surface area contributed by atoms with Crippen LogP contribution >= 0.6 is 23.5 Å². The molecule has 0 aromatic heterocycles. The third-order valence-electron chi connectivity index (χ3n) is 7.88. The molecule has 0 aliphatic carbocycles. The van der Waals surface area contributed by atoms with Crippen molar-refractivity contribution in [2.45, 2.75) is 51.1 Å². The summed E-state index contributed by atoms with van der Waals surface area (Å²) in [6, 6.07) is 19.7. The molecule has 12 heteroatoms. The Morgan fingerprint density at radius 1 is 0.978 bits per heavy atom. The molecule has 3 atom stereocenters. The minimum absolute atomic E-state index is 0.0191. The molecule has 3 rings (SSSR count). The highest BCUT2D eigenvalue weighted by Crippen LogP contribution is 2.24. The van der Waals surface area contributed by atoms with Crippen molar-refractivity contribution >= 4 is 57.8 Å². The van der Waals surface area contributed by atoms with Gasteiger partial charge in [0.25, 0.3) is 5.69 Å². The lowest BCUT2D eigenvalue weighted by molar-refractivity contribution is -0.385. The number of rotatable bonds is 19. The van der Waals surface area contributed by atoms with Crippen molar-refractivity contribution in [1.29, 1.82) is 0 Å². The molecule has 46 heavy (non-hydrogen) atoms. The van der Waals surface area contributed by atoms with Crippen LogP contribution in [0, 0.1) is 16.0 Å². The van der Waals surface area contributed by atoms with Crippen molar-refractivity contribution in [2.24, 2.45) is 5.92 Å². The monoisotopic (exact) mass is 668 g/mol. The molecule has 0 heterocycles. The number of nitrogens with one attached hydrogen (secondary N) is 2. The molecule has 0 aliphatic rings. The molecule has 0 bridgehead atoms. The first kappa shape index (κ1) is 36.9. The number of fused-ring (bicyclic) bond motifs is 1. The normalized spacial score (nSPS) is 13.2. The van der Waals surface area contributed by atoms with Crippen LogP contribution in [-0.4, -0.2) is 77.7 Å². The zero-order valence-corrected chi connectivity index (χ0v) is 28.5. The van der Waals surface area contributed by atoms with E-state index in [9.17, 15) is 24.5 Å². The first-order valence-corrected chi connectivity index (χ1v) is 17.9. The summed E-state index contributed by atoms with van der Waals surface area (Å²) in [7, 11) is 1.31. The summed E-state index contributed by atoms with van der Waals surface area (Å²) >= 11 is 2.91. The Labute approximate surface area is 279 Å². The van der Waals surface area contributed by atoms with E-state index in [4.69, 9.17) is 4.74 Å². The van der Waals surface area contributed by atoms with Gasteiger partial charge in [0.1, 0.15) is 6.04 Å². The van der Waals surface area contributed by atoms with E-state index in [2.05, 4.69) is 30.5 Å². The van der Waals surface area contributed by atoms with Crippen LogP contribution in [0.25, 0.3) is 10.8 Å². The molecule has 0 radical (unpaired) electrons. The number of hydrogen-bond donors (Lipinski definition) is 2. The summed E-state index contributed by atoms with van der Waals surface area (Å²) < 4.78 is 4.93. The van der Waals surface area contributed by atoms with Crippen LogP contribution < -0.4 is 10.6 Å². The molecule has 248 valence electrons. The van der Waals surface area contributed by atoms with E-state index in [1.807, 2.05) is 47.6 Å². The second kappa shape index (κ2) is 19.1. The van der Waals surface area contributed by atoms with Crippen molar-refractivity contribution < 1.29 is 24.0 Å². The summed E-state index contributed by atoms with van der Waals surface area (Å²) in [5.41, 5.74) is 1.66. The maximum Gasteiger partial charge on any atom is 0.328 e. The van der Waals surface area contributed by atoms with Gasteiger partial charge in [-0.1, -0.05) is 80.9 Å². The van der Waals surface area contributed by atoms with Gasteiger partial charge in [-0.25, -0.2) is 4.79 Å². The average Bonchev–Trinajstić information content (AvgIpc) is 3.05. The van der Waals surface area contributed by atoms with Crippen molar-refractivity contribution in [3.8, 4) is 0 Å². The number of hydrogen-bond acceptors (Lipinski definition) is 9. The number of carbonyl (C=O) groups excluding carboxylic acids is 3. The van der Waals surface area contributed by atoms with Crippen LogP contribution in [0.2, 0.25) is 0 Å². The fraction of sp³-hybridized carbons (Fsp3) is 0.441. The van der Waals surface area contributed by atoms with Crippen LogP contribution in [0.3, 0.4) is 0 Å². The smallest absolute Gasteiger partial charge is 0.328 e. The number of benzene rings is 3. The summed E-state index contributed by atoms with van der Waals surface area (Å²) in [6.45, 7) is 5.00. The summed E-state index contributed by atoms with van der Waals surface area (Å²) in [5.74, 6) is 0.315. The molecule has 0 aliphatic heterocycles. The predicted octanol–water partition coefficient (Wildman–Crippen LogP) is 5.43. The van der Waals surface area contributed by atoms with Gasteiger partial charge in [0.05, 0.1) is 24.3 Å². The SMILES string of the molecule is CC[C@H](C)[C@@H](CN(CC(=O)N[C@@H](CCSC)C(=O)OC)Cc1cccc2ccccc12)NC(=O)CSCc1ccccc1[N+](=O)[O-]. The average molecular weight is 669 g/mol. The van der Waals surface area contributed by atoms with Crippen LogP contribution in [0.1, 0.15) is 37.8 Å². The van der Waals surface area contributed by atoms with E-state index < -0.39 is 16.9 Å². The van der Waals surface area contributed by atoms with Crippen LogP contribution in [0.15, 0.2) is 66.7 Å². The van der Waals surface area contributed by atoms with E-state index in [1.165, 1.54) is 24.9 Å². The van der Waals surface area contributed by atoms with E-state index in [0.717, 1.165) is 22.8 Å². The number of nitrogens with zero attached hydrogens (tertiary/aromatic N) is 2. The van der Waals surface area contributed by atoms with Crippen molar-refractivity contribution in [2.75, 3.05) is 38.0 Å². The van der Waals surface area contributed by atoms with Gasteiger partial charge in [0.15, 0.2) is 0 Å². The number of carbonyl (C=O) groups is 3. The summed E-state index contributed by atoms with van der Waals surface area (Å²) in [6.07, 6.45) is 3.20. The molecule has 0 spiro atoms. The Hall–Kier alpha value is -3.61. The summed E-state index contributed by atoms with van der Waals surface area (Å²) in [4.78, 5) is 51.9. The van der Waals surface area contributed by atoms with Gasteiger partial charge in [0.2, 0.25) is 11.8 Å². The van der Waals surface area contributed by atoms with Gasteiger partial charge in [-0.15, -0.1) is 11.8 Å². The lowest BCUT2D eigenvalue weighted by atomic mass is 9.97. The van der Waals surface area contributed by atoms with Gasteiger partial charge in [-0.05, 0) is 40.7 Å². The fourth-order valence-corrected chi connectivity index (χ4v) is 6.48. The van der Waals surface area contributed by atoms with Crippen molar-refractivity contribution in [1.82, 2.24) is 15.5 Å². The van der Waals surface area contributed by atoms with E-state index in [0.29, 0.717) is 36.6 Å². The number of thioether (sulfide) groups is 2. The first-order chi connectivity index (χ1) is 22.2. The van der Waals surface area contributed by atoms with Gasteiger partial charge in [-0.2, -0.15) is 11.8 Å². The molecule has 0 fully saturated rings. The maximum absolute atomic E-state index is 13.4. The second-order valence-electron chi connectivity index (χ2n) is 11.2. The number of para-hydroxylation sites is 1. The quantitative estimate of drug-likeness (QED) is 0.0976. The number of esters is 1. The molecule has 0 saturated heterocycles. The van der Waals surface area contributed by atoms with Gasteiger partial charge >= 0.3 is 5.97 Å². The lowest BCUT2D eigenvalue weighted by Crippen LogP contribution is -2.51. The predicted molar refractivity (Wildman–Crippen MR) is 187 cm³/mol. The minimum Gasteiger partial charge on any atom is -0.467 e. The Balaban J connectivity index is 1.77. The molecule has 0 saturated carbocycles. The van der Waals surface area contributed by atoms with Crippen LogP contribution in [0.5, 0.6) is 0 Å². The summed E-state index contributed by atoms with van der Waals surface area (Å²) in [5, 5.41) is 19.6. The highest BCUT2D eigenvalue weighted by Gasteiger charge is 2.26. The minimum atomic E-state index is -0.744. The van der Waals surface area contributed by atoms with E-state index in [-0.39, 0.29) is 41.8 Å². The standard InChI is InChI=1S/C34H44N4O6S2/c1-5-24(2)30(36-33(40)23-46-22-27-12-7-9-16-31(27)38(42)43)20-37(19-26-14-10-13-25-11-6-8-15-28(25)26)21-32(39)35-29(17-18-45-4)34(41)44-3/h6-16,24,29-30H,5,17-23H2,1-4H3,(H,35,39)(H,36,40)/t24-,29-,30+/m0/s1. The molecule has 3 aromatic carbocycles. The second-order valence-corrected chi connectivity index (χ2v) is 13.1. The topological polar surface area (TPSA) is 131 Å². The van der Waals surface area contributed by atoms with Crippen molar-refractivity contribution in [3.63, 3.8) is 0 Å². The van der Waals surface area contributed by atoms with Crippen molar-refractivity contribution in [3.05, 3.63) is 88.0 Å². The Kier molecular flexibility index (Phi) is 15.3. The molecule has 2 N–H and O–H groups in total. The Bertz CT molecular complexity index is 1470. The molecule has 3 aromatic rings. The highest BCUT2D eigenvalue weighted by atomic mass is 32.2. The first-order valence-electron chi connectivity index (χ1n) is 15.3. The number of methoxy groups -OCH3 is 1. The third-order valence-corrected chi connectivity index (χ3v) is 9.51. The molecule has 10 nitrogen and oxygen atoms in total. The molecular formula is C34H44N4O6S2. The van der Waals surface area contributed by atoms with E-state index in [1.54, 1.807) is 30.0 Å². The molecular weight excluding hydrogens is 625 g/mol. The fourth-order valence-electron chi connectivity index (χ4n) is 5.17. The third kappa shape index (κ3) is 11.3. The number of ether oxygens (including phenoxy) is 1. The van der Waals surface area contributed by atoms with Crippen LogP contribution in [0.4, 0.5) is 5.69 Å². The van der Waals surface area contributed by atoms with Gasteiger partial charge in [-0.3, -0.25) is 24.6 Å². The largest absolute Gasteiger partial charge is 0.467 e. The Morgan fingerprint density at radius 3 is 2.39 bits per heavy atom. The maximum atomic E-state index is 13.4. The van der Waals surface area contributed by atoms with Gasteiger partial charge in [0, 0.05) is 36.5 Å². The number of nitro groups is 1. The highest BCUT2D eigenvalue weighted by molar-refractivity contribution is 7.99. The number of nitro benzene ring substituents is 1. The number of amides is 2. The van der Waals surface area contributed by atoms with Crippen LogP contribution in [-0.2, 0) is 31.4 Å². The van der Waals surface area contributed by atoms with E-state index >= 15 is 0 Å².